The van der Waals surface area contributed by atoms with Crippen LogP contribution >= 0.6 is 11.8 Å². The average molecular weight is 308 g/mol. The van der Waals surface area contributed by atoms with Gasteiger partial charge in [0.15, 0.2) is 0 Å². The minimum absolute atomic E-state index is 0.136. The topological polar surface area (TPSA) is 66.9 Å². The maximum atomic E-state index is 12.2. The van der Waals surface area contributed by atoms with Gasteiger partial charge in [-0.3, -0.25) is 9.78 Å². The molecule has 0 spiro atoms. The van der Waals surface area contributed by atoms with Gasteiger partial charge in [-0.1, -0.05) is 19.8 Å². The smallest absolute Gasteiger partial charge is 0.271 e. The van der Waals surface area contributed by atoms with Gasteiger partial charge >= 0.3 is 0 Å². The Morgan fingerprint density at radius 3 is 2.81 bits per heavy atom. The molecule has 116 valence electrons. The van der Waals surface area contributed by atoms with E-state index in [0.29, 0.717) is 18.1 Å². The van der Waals surface area contributed by atoms with Crippen molar-refractivity contribution in [3.05, 3.63) is 18.1 Å². The highest BCUT2D eigenvalue weighted by atomic mass is 32.2. The Kier molecular flexibility index (Phi) is 5.85. The first-order valence-electron chi connectivity index (χ1n) is 7.58. The van der Waals surface area contributed by atoms with E-state index in [0.717, 1.165) is 13.0 Å². The third kappa shape index (κ3) is 4.33. The van der Waals surface area contributed by atoms with E-state index in [2.05, 4.69) is 33.8 Å². The van der Waals surface area contributed by atoms with E-state index >= 15 is 0 Å². The molecule has 1 amide bonds. The Morgan fingerprint density at radius 1 is 1.38 bits per heavy atom. The molecule has 2 rings (SSSR count). The van der Waals surface area contributed by atoms with Crippen LogP contribution in [0.15, 0.2) is 12.4 Å². The first kappa shape index (κ1) is 16.1. The average Bonchev–Trinajstić information content (AvgIpc) is 3.00. The number of amides is 1. The van der Waals surface area contributed by atoms with E-state index in [4.69, 9.17) is 0 Å². The zero-order valence-electron chi connectivity index (χ0n) is 12.8. The van der Waals surface area contributed by atoms with Crippen LogP contribution < -0.4 is 10.6 Å². The summed E-state index contributed by atoms with van der Waals surface area (Å²) in [6, 6.07) is 0. The fourth-order valence-electron chi connectivity index (χ4n) is 2.62. The summed E-state index contributed by atoms with van der Waals surface area (Å²) in [6.45, 7) is 3.62. The number of hydrogen-bond donors (Lipinski definition) is 2. The molecule has 1 aromatic rings. The molecule has 0 saturated heterocycles. The van der Waals surface area contributed by atoms with Gasteiger partial charge in [-0.2, -0.15) is 11.8 Å². The Balaban J connectivity index is 1.93. The molecule has 0 atom stereocenters. The minimum Gasteiger partial charge on any atom is -0.369 e. The zero-order valence-corrected chi connectivity index (χ0v) is 13.6. The van der Waals surface area contributed by atoms with Gasteiger partial charge < -0.3 is 10.6 Å². The summed E-state index contributed by atoms with van der Waals surface area (Å²) in [4.78, 5) is 20.6. The molecule has 0 aliphatic heterocycles. The number of nitrogens with zero attached hydrogens (tertiary/aromatic N) is 2. The standard InChI is InChI=1S/C15H24N4OS/c1-3-8-17-13-10-16-9-12(19-13)14(20)18-11-15(21-2)6-4-5-7-15/h9-10H,3-8,11H2,1-2H3,(H,17,19)(H,18,20). The van der Waals surface area contributed by atoms with Crippen molar-refractivity contribution in [1.82, 2.24) is 15.3 Å². The minimum atomic E-state index is -0.136. The lowest BCUT2D eigenvalue weighted by molar-refractivity contribution is 0.0944. The van der Waals surface area contributed by atoms with Crippen molar-refractivity contribution in [3.8, 4) is 0 Å². The van der Waals surface area contributed by atoms with Gasteiger partial charge in [-0.25, -0.2) is 4.98 Å². The second-order valence-electron chi connectivity index (χ2n) is 5.49. The number of carbonyl (C=O) groups is 1. The van der Waals surface area contributed by atoms with Gasteiger partial charge in [0.1, 0.15) is 11.5 Å². The Bertz CT molecular complexity index is 474. The molecule has 1 heterocycles. The molecular formula is C15H24N4OS. The van der Waals surface area contributed by atoms with Crippen molar-refractivity contribution >= 4 is 23.5 Å². The molecule has 0 radical (unpaired) electrons. The quantitative estimate of drug-likeness (QED) is 0.810. The highest BCUT2D eigenvalue weighted by molar-refractivity contribution is 8.00. The van der Waals surface area contributed by atoms with Gasteiger partial charge in [0, 0.05) is 17.8 Å². The summed E-state index contributed by atoms with van der Waals surface area (Å²) in [5.74, 6) is 0.521. The van der Waals surface area contributed by atoms with Crippen LogP contribution in [0, 0.1) is 0 Å². The van der Waals surface area contributed by atoms with Crippen molar-refractivity contribution in [2.75, 3.05) is 24.7 Å². The van der Waals surface area contributed by atoms with Gasteiger partial charge in [0.2, 0.25) is 0 Å². The Labute approximate surface area is 130 Å². The number of rotatable bonds is 7. The van der Waals surface area contributed by atoms with E-state index in [1.54, 1.807) is 6.20 Å². The summed E-state index contributed by atoms with van der Waals surface area (Å²) < 4.78 is 0.209. The molecule has 0 unspecified atom stereocenters. The van der Waals surface area contributed by atoms with E-state index in [-0.39, 0.29) is 10.7 Å². The van der Waals surface area contributed by atoms with Gasteiger partial charge in [0.25, 0.3) is 5.91 Å². The largest absolute Gasteiger partial charge is 0.369 e. The van der Waals surface area contributed by atoms with Crippen LogP contribution in [-0.4, -0.2) is 40.0 Å². The number of thioether (sulfide) groups is 1. The van der Waals surface area contributed by atoms with Crippen molar-refractivity contribution < 1.29 is 4.79 Å². The highest BCUT2D eigenvalue weighted by Crippen LogP contribution is 2.39. The second-order valence-corrected chi connectivity index (χ2v) is 6.77. The number of anilines is 1. The van der Waals surface area contributed by atoms with Crippen molar-refractivity contribution in [2.24, 2.45) is 0 Å². The molecule has 1 aliphatic carbocycles. The van der Waals surface area contributed by atoms with Crippen molar-refractivity contribution in [3.63, 3.8) is 0 Å². The number of aromatic nitrogens is 2. The predicted octanol–water partition coefficient (Wildman–Crippen LogP) is 2.70. The first-order chi connectivity index (χ1) is 10.2. The fourth-order valence-corrected chi connectivity index (χ4v) is 3.53. The van der Waals surface area contributed by atoms with Crippen molar-refractivity contribution in [1.29, 1.82) is 0 Å². The van der Waals surface area contributed by atoms with Crippen molar-refractivity contribution in [2.45, 2.75) is 43.8 Å². The van der Waals surface area contributed by atoms with E-state index < -0.39 is 0 Å². The fraction of sp³-hybridized carbons (Fsp3) is 0.667. The van der Waals surface area contributed by atoms with Gasteiger partial charge in [-0.05, 0) is 25.5 Å². The lowest BCUT2D eigenvalue weighted by atomic mass is 10.1. The number of carbonyl (C=O) groups excluding carboxylic acids is 1. The SMILES string of the molecule is CCCNc1cncc(C(=O)NCC2(SC)CCCC2)n1. The molecular weight excluding hydrogens is 284 g/mol. The second kappa shape index (κ2) is 7.64. The third-order valence-corrected chi connectivity index (χ3v) is 5.36. The molecule has 1 aliphatic rings. The molecule has 1 saturated carbocycles. The Morgan fingerprint density at radius 2 is 2.14 bits per heavy atom. The van der Waals surface area contributed by atoms with Crippen LogP contribution in [0.4, 0.5) is 5.82 Å². The number of hydrogen-bond acceptors (Lipinski definition) is 5. The van der Waals surface area contributed by atoms with Crippen LogP contribution in [0.1, 0.15) is 49.5 Å². The van der Waals surface area contributed by atoms with E-state index in [1.165, 1.54) is 31.9 Å². The van der Waals surface area contributed by atoms with Crippen LogP contribution in [0.3, 0.4) is 0 Å². The summed E-state index contributed by atoms with van der Waals surface area (Å²) in [7, 11) is 0. The predicted molar refractivity (Wildman–Crippen MR) is 87.9 cm³/mol. The molecule has 21 heavy (non-hydrogen) atoms. The normalized spacial score (nSPS) is 16.7. The number of nitrogens with one attached hydrogen (secondary N) is 2. The molecule has 1 fully saturated rings. The lowest BCUT2D eigenvalue weighted by Gasteiger charge is -2.26. The van der Waals surface area contributed by atoms with Crippen LogP contribution in [0.5, 0.6) is 0 Å². The highest BCUT2D eigenvalue weighted by Gasteiger charge is 2.33. The Hall–Kier alpha value is -1.30. The van der Waals surface area contributed by atoms with Gasteiger partial charge in [0.05, 0.1) is 12.4 Å². The molecule has 0 bridgehead atoms. The maximum Gasteiger partial charge on any atom is 0.271 e. The lowest BCUT2D eigenvalue weighted by Crippen LogP contribution is -2.38. The van der Waals surface area contributed by atoms with E-state index in [9.17, 15) is 4.79 Å². The summed E-state index contributed by atoms with van der Waals surface area (Å²) in [5.41, 5.74) is 0.380. The first-order valence-corrected chi connectivity index (χ1v) is 8.81. The van der Waals surface area contributed by atoms with Crippen LogP contribution in [-0.2, 0) is 0 Å². The molecule has 1 aromatic heterocycles. The van der Waals surface area contributed by atoms with E-state index in [1.807, 2.05) is 11.8 Å². The van der Waals surface area contributed by atoms with Crippen LogP contribution in [0.25, 0.3) is 0 Å². The summed E-state index contributed by atoms with van der Waals surface area (Å²) in [5, 5.41) is 6.17. The monoisotopic (exact) mass is 308 g/mol. The zero-order chi connectivity index (χ0) is 15.1. The summed E-state index contributed by atoms with van der Waals surface area (Å²) >= 11 is 1.87. The van der Waals surface area contributed by atoms with Gasteiger partial charge in [-0.15, -0.1) is 0 Å². The molecule has 5 nitrogen and oxygen atoms in total. The van der Waals surface area contributed by atoms with Crippen LogP contribution in [0.2, 0.25) is 0 Å². The molecule has 2 N–H and O–H groups in total. The molecule has 0 aromatic carbocycles. The third-order valence-electron chi connectivity index (χ3n) is 3.94. The molecule has 6 heteroatoms. The summed E-state index contributed by atoms with van der Waals surface area (Å²) in [6.07, 6.45) is 11.2. The maximum absolute atomic E-state index is 12.2.